The summed E-state index contributed by atoms with van der Waals surface area (Å²) in [4.78, 5) is 12.6. The number of anilines is 2. The van der Waals surface area contributed by atoms with Gasteiger partial charge < -0.3 is 19.9 Å². The maximum atomic E-state index is 13.2. The standard InChI is InChI=1S/C24H28FN5O2S/c1-2-17-6-3-4-8-21(17)27-23(31)16-33-24-29-28-22(30(24)15-20-7-5-13-32-20)14-26-19-11-9-18(25)10-12-19/h3-4,6,8-12,20,26H,2,5,7,13-16H2,1H3,(H,27,31)/t20-/m0/s1. The van der Waals surface area contributed by atoms with Crippen LogP contribution in [0.2, 0.25) is 0 Å². The maximum Gasteiger partial charge on any atom is 0.234 e. The number of rotatable bonds is 10. The molecule has 4 rings (SSSR count). The number of ether oxygens (including phenoxy) is 1. The number of aryl methyl sites for hydroxylation is 1. The van der Waals surface area contributed by atoms with E-state index >= 15 is 0 Å². The maximum absolute atomic E-state index is 13.2. The van der Waals surface area contributed by atoms with E-state index in [4.69, 9.17) is 4.74 Å². The van der Waals surface area contributed by atoms with Gasteiger partial charge in [0.2, 0.25) is 5.91 Å². The summed E-state index contributed by atoms with van der Waals surface area (Å²) in [6.07, 6.45) is 2.98. The van der Waals surface area contributed by atoms with Gasteiger partial charge in [0.1, 0.15) is 5.82 Å². The van der Waals surface area contributed by atoms with Crippen LogP contribution >= 0.6 is 11.8 Å². The topological polar surface area (TPSA) is 81.1 Å². The summed E-state index contributed by atoms with van der Waals surface area (Å²) in [6, 6.07) is 14.0. The van der Waals surface area contributed by atoms with E-state index in [2.05, 4.69) is 27.8 Å². The van der Waals surface area contributed by atoms with E-state index in [-0.39, 0.29) is 23.6 Å². The van der Waals surface area contributed by atoms with Crippen molar-refractivity contribution in [3.63, 3.8) is 0 Å². The van der Waals surface area contributed by atoms with Crippen molar-refractivity contribution in [2.75, 3.05) is 23.0 Å². The van der Waals surface area contributed by atoms with Crippen LogP contribution in [0.3, 0.4) is 0 Å². The van der Waals surface area contributed by atoms with Crippen molar-refractivity contribution in [1.82, 2.24) is 14.8 Å². The smallest absolute Gasteiger partial charge is 0.234 e. The normalized spacial score (nSPS) is 15.5. The van der Waals surface area contributed by atoms with Crippen LogP contribution in [0.15, 0.2) is 53.7 Å². The summed E-state index contributed by atoms with van der Waals surface area (Å²) in [5.74, 6) is 0.612. The van der Waals surface area contributed by atoms with Gasteiger partial charge in [0.25, 0.3) is 0 Å². The molecule has 2 aromatic carbocycles. The number of hydrogen-bond acceptors (Lipinski definition) is 6. The number of halogens is 1. The highest BCUT2D eigenvalue weighted by Gasteiger charge is 2.21. The molecule has 0 aliphatic carbocycles. The van der Waals surface area contributed by atoms with Gasteiger partial charge in [-0.1, -0.05) is 36.9 Å². The van der Waals surface area contributed by atoms with Gasteiger partial charge in [-0.25, -0.2) is 4.39 Å². The third kappa shape index (κ3) is 6.33. The molecule has 1 atom stereocenters. The van der Waals surface area contributed by atoms with Crippen molar-refractivity contribution in [3.8, 4) is 0 Å². The predicted octanol–water partition coefficient (Wildman–Crippen LogP) is 4.50. The van der Waals surface area contributed by atoms with E-state index in [1.165, 1.54) is 23.9 Å². The van der Waals surface area contributed by atoms with Crippen LogP contribution in [0.5, 0.6) is 0 Å². The minimum absolute atomic E-state index is 0.0847. The summed E-state index contributed by atoms with van der Waals surface area (Å²) >= 11 is 1.36. The van der Waals surface area contributed by atoms with Gasteiger partial charge in [0.05, 0.1) is 24.9 Å². The number of aromatic nitrogens is 3. The first-order valence-electron chi connectivity index (χ1n) is 11.2. The first-order valence-corrected chi connectivity index (χ1v) is 12.1. The van der Waals surface area contributed by atoms with Crippen molar-refractivity contribution in [3.05, 3.63) is 65.7 Å². The quantitative estimate of drug-likeness (QED) is 0.426. The fourth-order valence-corrected chi connectivity index (χ4v) is 4.51. The lowest BCUT2D eigenvalue weighted by Gasteiger charge is -2.15. The average Bonchev–Trinajstić information content (AvgIpc) is 3.48. The number of hydrogen-bond donors (Lipinski definition) is 2. The lowest BCUT2D eigenvalue weighted by atomic mass is 10.1. The van der Waals surface area contributed by atoms with E-state index in [0.717, 1.165) is 48.6 Å². The molecule has 0 unspecified atom stereocenters. The fourth-order valence-electron chi connectivity index (χ4n) is 3.75. The highest BCUT2D eigenvalue weighted by Crippen LogP contribution is 2.23. The van der Waals surface area contributed by atoms with Crippen LogP contribution in [0.4, 0.5) is 15.8 Å². The summed E-state index contributed by atoms with van der Waals surface area (Å²) in [7, 11) is 0. The Kier molecular flexibility index (Phi) is 7.96. The number of benzene rings is 2. The highest BCUT2D eigenvalue weighted by atomic mass is 32.2. The minimum atomic E-state index is -0.277. The Morgan fingerprint density at radius 3 is 2.79 bits per heavy atom. The van der Waals surface area contributed by atoms with E-state index in [1.54, 1.807) is 12.1 Å². The first kappa shape index (κ1) is 23.3. The molecule has 174 valence electrons. The zero-order chi connectivity index (χ0) is 23.0. The van der Waals surface area contributed by atoms with Gasteiger partial charge in [0.15, 0.2) is 11.0 Å². The molecule has 1 amide bonds. The molecule has 7 nitrogen and oxygen atoms in total. The van der Waals surface area contributed by atoms with Crippen LogP contribution in [-0.4, -0.2) is 39.1 Å². The van der Waals surface area contributed by atoms with Gasteiger partial charge in [-0.15, -0.1) is 10.2 Å². The lowest BCUT2D eigenvalue weighted by Crippen LogP contribution is -2.20. The van der Waals surface area contributed by atoms with Crippen molar-refractivity contribution in [1.29, 1.82) is 0 Å². The van der Waals surface area contributed by atoms with E-state index in [9.17, 15) is 9.18 Å². The minimum Gasteiger partial charge on any atom is -0.378 e. The Morgan fingerprint density at radius 2 is 2.03 bits per heavy atom. The molecule has 1 aromatic heterocycles. The van der Waals surface area contributed by atoms with Gasteiger partial charge in [-0.2, -0.15) is 0 Å². The Balaban J connectivity index is 1.42. The molecule has 2 N–H and O–H groups in total. The molecule has 2 heterocycles. The Bertz CT molecular complexity index is 1070. The van der Waals surface area contributed by atoms with E-state index in [0.29, 0.717) is 18.2 Å². The van der Waals surface area contributed by atoms with Crippen LogP contribution in [0, 0.1) is 5.82 Å². The second-order valence-electron chi connectivity index (χ2n) is 7.85. The van der Waals surface area contributed by atoms with Crippen molar-refractivity contribution in [2.24, 2.45) is 0 Å². The molecule has 0 radical (unpaired) electrons. The van der Waals surface area contributed by atoms with Crippen molar-refractivity contribution >= 4 is 29.0 Å². The van der Waals surface area contributed by atoms with Gasteiger partial charge >= 0.3 is 0 Å². The Labute approximate surface area is 197 Å². The van der Waals surface area contributed by atoms with E-state index in [1.807, 2.05) is 28.8 Å². The van der Waals surface area contributed by atoms with Crippen LogP contribution in [0.25, 0.3) is 0 Å². The zero-order valence-electron chi connectivity index (χ0n) is 18.6. The number of amides is 1. The molecular formula is C24H28FN5O2S. The Hall–Kier alpha value is -2.91. The fraction of sp³-hybridized carbons (Fsp3) is 0.375. The number of nitrogens with one attached hydrogen (secondary N) is 2. The Morgan fingerprint density at radius 1 is 1.21 bits per heavy atom. The van der Waals surface area contributed by atoms with Crippen molar-refractivity contribution < 1.29 is 13.9 Å². The number of nitrogens with zero attached hydrogens (tertiary/aromatic N) is 3. The van der Waals surface area contributed by atoms with Crippen LogP contribution in [0.1, 0.15) is 31.2 Å². The molecule has 0 saturated carbocycles. The second kappa shape index (κ2) is 11.3. The number of thioether (sulfide) groups is 1. The van der Waals surface area contributed by atoms with E-state index < -0.39 is 0 Å². The monoisotopic (exact) mass is 469 g/mol. The first-order chi connectivity index (χ1) is 16.1. The average molecular weight is 470 g/mol. The molecule has 0 bridgehead atoms. The van der Waals surface area contributed by atoms with Crippen LogP contribution in [-0.2, 0) is 29.0 Å². The number of para-hydroxylation sites is 1. The van der Waals surface area contributed by atoms with Crippen LogP contribution < -0.4 is 10.6 Å². The van der Waals surface area contributed by atoms with Crippen molar-refractivity contribution in [2.45, 2.75) is 50.5 Å². The molecule has 0 spiro atoms. The highest BCUT2D eigenvalue weighted by molar-refractivity contribution is 7.99. The van der Waals surface area contributed by atoms with Gasteiger partial charge in [-0.3, -0.25) is 4.79 Å². The molecule has 1 aliphatic rings. The molecule has 33 heavy (non-hydrogen) atoms. The molecule has 1 saturated heterocycles. The van der Waals surface area contributed by atoms with Gasteiger partial charge in [-0.05, 0) is 55.2 Å². The largest absolute Gasteiger partial charge is 0.378 e. The molecule has 9 heteroatoms. The van der Waals surface area contributed by atoms with Gasteiger partial charge in [0, 0.05) is 18.0 Å². The third-order valence-corrected chi connectivity index (χ3v) is 6.47. The third-order valence-electron chi connectivity index (χ3n) is 5.50. The molecular weight excluding hydrogens is 441 g/mol. The summed E-state index contributed by atoms with van der Waals surface area (Å²) in [6.45, 7) is 3.89. The number of carbonyl (C=O) groups is 1. The molecule has 3 aromatic rings. The number of carbonyl (C=O) groups excluding carboxylic acids is 1. The zero-order valence-corrected chi connectivity index (χ0v) is 19.4. The predicted molar refractivity (Wildman–Crippen MR) is 128 cm³/mol. The SMILES string of the molecule is CCc1ccccc1NC(=O)CSc1nnc(CNc2ccc(F)cc2)n1C[C@@H]1CCCO1. The summed E-state index contributed by atoms with van der Waals surface area (Å²) < 4.78 is 21.0. The molecule has 1 aliphatic heterocycles. The molecule has 1 fully saturated rings. The summed E-state index contributed by atoms with van der Waals surface area (Å²) in [5, 5.41) is 15.6. The lowest BCUT2D eigenvalue weighted by molar-refractivity contribution is -0.113. The summed E-state index contributed by atoms with van der Waals surface area (Å²) in [5.41, 5.74) is 2.74. The second-order valence-corrected chi connectivity index (χ2v) is 8.79.